The fourth-order valence-electron chi connectivity index (χ4n) is 10.5. The molecule has 0 atom stereocenters. The number of fused-ring (bicyclic) bond motifs is 8. The number of ether oxygens (including phenoxy) is 2. The van der Waals surface area contributed by atoms with Crippen LogP contribution < -0.4 is 25.9 Å². The van der Waals surface area contributed by atoms with E-state index in [1.165, 1.54) is 70.7 Å². The van der Waals surface area contributed by atoms with Gasteiger partial charge < -0.3 is 13.9 Å². The van der Waals surface area contributed by atoms with E-state index in [9.17, 15) is 0 Å². The van der Waals surface area contributed by atoms with E-state index in [0.29, 0.717) is 0 Å². The highest BCUT2D eigenvalue weighted by atomic mass is 16.5. The van der Waals surface area contributed by atoms with Gasteiger partial charge in [0.15, 0.2) is 0 Å². The third-order valence-electron chi connectivity index (χ3n) is 13.8. The van der Waals surface area contributed by atoms with Crippen LogP contribution in [0.1, 0.15) is 52.7 Å². The molecule has 10 aromatic carbocycles. The molecule has 0 aliphatic carbocycles. The zero-order valence-electron chi connectivity index (χ0n) is 35.7. The van der Waals surface area contributed by atoms with Crippen LogP contribution in [-0.4, -0.2) is 6.71 Å². The summed E-state index contributed by atoms with van der Waals surface area (Å²) in [6, 6.07) is 55.9. The van der Waals surface area contributed by atoms with Crippen LogP contribution in [-0.2, 0) is 10.8 Å². The van der Waals surface area contributed by atoms with E-state index < -0.39 is 0 Å². The molecule has 0 spiro atoms. The van der Waals surface area contributed by atoms with E-state index in [0.717, 1.165) is 67.1 Å². The lowest BCUT2D eigenvalue weighted by molar-refractivity contribution is 0.464. The average molecular weight is 799 g/mol. The molecule has 62 heavy (non-hydrogen) atoms. The third-order valence-corrected chi connectivity index (χ3v) is 13.8. The number of hydrogen-bond acceptors (Lipinski definition) is 3. The van der Waals surface area contributed by atoms with Gasteiger partial charge in [0.2, 0.25) is 0 Å². The lowest BCUT2D eigenvalue weighted by atomic mass is 9.34. The second kappa shape index (κ2) is 12.3. The Balaban J connectivity index is 0.976. The molecule has 3 nitrogen and oxygen atoms in total. The fourth-order valence-corrected chi connectivity index (χ4v) is 10.5. The molecule has 2 aliphatic rings. The molecule has 13 rings (SSSR count). The van der Waals surface area contributed by atoms with Crippen LogP contribution in [0.15, 0.2) is 156 Å². The van der Waals surface area contributed by atoms with Gasteiger partial charge in [-0.2, -0.15) is 0 Å². The Morgan fingerprint density at radius 3 is 1.48 bits per heavy atom. The largest absolute Gasteiger partial charge is 0.458 e. The summed E-state index contributed by atoms with van der Waals surface area (Å²) in [6.45, 7) is 13.7. The maximum absolute atomic E-state index is 6.94. The summed E-state index contributed by atoms with van der Waals surface area (Å²) in [4.78, 5) is 0. The Labute approximate surface area is 360 Å². The maximum atomic E-state index is 6.94. The highest BCUT2D eigenvalue weighted by Gasteiger charge is 2.41. The maximum Gasteiger partial charge on any atom is 0.260 e. The Morgan fingerprint density at radius 2 is 0.903 bits per heavy atom. The minimum absolute atomic E-state index is 0.00291. The van der Waals surface area contributed by atoms with Gasteiger partial charge in [-0.3, -0.25) is 0 Å². The van der Waals surface area contributed by atoms with E-state index in [-0.39, 0.29) is 17.5 Å². The van der Waals surface area contributed by atoms with E-state index in [4.69, 9.17) is 13.9 Å². The van der Waals surface area contributed by atoms with Crippen molar-refractivity contribution in [1.82, 2.24) is 0 Å². The van der Waals surface area contributed by atoms with Gasteiger partial charge in [-0.1, -0.05) is 145 Å². The van der Waals surface area contributed by atoms with Gasteiger partial charge in [0.1, 0.15) is 34.2 Å². The normalized spacial score (nSPS) is 13.5. The van der Waals surface area contributed by atoms with Crippen LogP contribution in [0.25, 0.3) is 87.3 Å². The molecule has 0 amide bonds. The zero-order valence-corrected chi connectivity index (χ0v) is 35.7. The summed E-state index contributed by atoms with van der Waals surface area (Å²) in [5.74, 6) is 3.52. The third kappa shape index (κ3) is 5.13. The minimum Gasteiger partial charge on any atom is -0.458 e. The van der Waals surface area contributed by atoms with E-state index >= 15 is 0 Å². The van der Waals surface area contributed by atoms with Crippen molar-refractivity contribution in [1.29, 1.82) is 0 Å². The predicted octanol–water partition coefficient (Wildman–Crippen LogP) is 14.3. The molecule has 0 saturated heterocycles. The van der Waals surface area contributed by atoms with Gasteiger partial charge >= 0.3 is 0 Å². The van der Waals surface area contributed by atoms with Gasteiger partial charge in [-0.15, -0.1) is 0 Å². The Bertz CT molecular complexity index is 3640. The molecule has 3 heterocycles. The van der Waals surface area contributed by atoms with Crippen molar-refractivity contribution in [2.75, 3.05) is 0 Å². The first-order chi connectivity index (χ1) is 29.9. The molecule has 0 unspecified atom stereocenters. The summed E-state index contributed by atoms with van der Waals surface area (Å²) in [5.41, 5.74) is 12.4. The molecule has 2 aliphatic heterocycles. The lowest BCUT2D eigenvalue weighted by Gasteiger charge is -2.35. The van der Waals surface area contributed by atoms with Gasteiger partial charge in [-0.05, 0) is 147 Å². The van der Waals surface area contributed by atoms with Gasteiger partial charge in [0, 0.05) is 16.2 Å². The zero-order chi connectivity index (χ0) is 41.8. The van der Waals surface area contributed by atoms with E-state index in [2.05, 4.69) is 193 Å². The van der Waals surface area contributed by atoms with Crippen molar-refractivity contribution in [2.24, 2.45) is 0 Å². The Kier molecular flexibility index (Phi) is 7.08. The quantitative estimate of drug-likeness (QED) is 0.129. The predicted molar refractivity (Wildman–Crippen MR) is 261 cm³/mol. The standard InChI is InChI=1S/C58H43BO3/c1-57(2,3)38-16-23-48-46(30-38)59-47-31-39(58(4,5)6)17-24-49(47)61-53-29-37(28-52(60-48)56(53)59)41-19-12-33-13-21-43-40(18-11-32-14-22-44(41)55(33)54(32)43)36-15-20-42-45-25-34-9-7-8-10-35(34)26-51(45)62-50(42)27-36/h7-31H,1-6H3. The molecular formula is C58H43BO3. The molecule has 0 fully saturated rings. The van der Waals surface area contributed by atoms with E-state index in [1.54, 1.807) is 0 Å². The highest BCUT2D eigenvalue weighted by molar-refractivity contribution is 6.98. The van der Waals surface area contributed by atoms with E-state index in [1.807, 2.05) is 0 Å². The van der Waals surface area contributed by atoms with Crippen molar-refractivity contribution in [3.63, 3.8) is 0 Å². The summed E-state index contributed by atoms with van der Waals surface area (Å²) in [6.07, 6.45) is 0. The van der Waals surface area contributed by atoms with Crippen molar-refractivity contribution < 1.29 is 13.9 Å². The van der Waals surface area contributed by atoms with Gasteiger partial charge in [0.25, 0.3) is 6.71 Å². The molecule has 1 aromatic heterocycles. The summed E-state index contributed by atoms with van der Waals surface area (Å²) >= 11 is 0. The molecule has 11 aromatic rings. The second-order valence-electron chi connectivity index (χ2n) is 19.7. The minimum atomic E-state index is -0.00987. The summed E-state index contributed by atoms with van der Waals surface area (Å²) < 4.78 is 20.4. The van der Waals surface area contributed by atoms with Crippen molar-refractivity contribution in [3.8, 4) is 45.3 Å². The average Bonchev–Trinajstić information content (AvgIpc) is 3.62. The smallest absolute Gasteiger partial charge is 0.260 e. The lowest BCUT2D eigenvalue weighted by Crippen LogP contribution is -2.57. The molecule has 0 radical (unpaired) electrons. The van der Waals surface area contributed by atoms with Crippen LogP contribution in [0.2, 0.25) is 0 Å². The van der Waals surface area contributed by atoms with Crippen molar-refractivity contribution in [2.45, 2.75) is 52.4 Å². The van der Waals surface area contributed by atoms with Crippen LogP contribution >= 0.6 is 0 Å². The molecule has 4 heteroatoms. The molecule has 0 saturated carbocycles. The number of furan rings is 1. The molecule has 296 valence electrons. The monoisotopic (exact) mass is 798 g/mol. The van der Waals surface area contributed by atoms with Crippen LogP contribution in [0.3, 0.4) is 0 Å². The Hall–Kier alpha value is -7.04. The first kappa shape index (κ1) is 35.7. The summed E-state index contributed by atoms with van der Waals surface area (Å²) in [7, 11) is 0. The highest BCUT2D eigenvalue weighted by Crippen LogP contribution is 2.46. The van der Waals surface area contributed by atoms with Crippen LogP contribution in [0, 0.1) is 0 Å². The first-order valence-electron chi connectivity index (χ1n) is 21.8. The number of hydrogen-bond donors (Lipinski definition) is 0. The SMILES string of the molecule is CC(C)(C)c1ccc2c(c1)B1c3cc(C(C)(C)C)ccc3Oc3cc(-c4ccc5ccc6c(-c7ccc8c(c7)oc7cc9ccccc9cc78)ccc7ccc4c5c76)cc(c31)O2. The van der Waals surface area contributed by atoms with Crippen molar-refractivity contribution >= 4 is 88.1 Å². The Morgan fingerprint density at radius 1 is 0.387 bits per heavy atom. The molecule has 0 N–H and O–H groups in total. The van der Waals surface area contributed by atoms with Crippen LogP contribution in [0.5, 0.6) is 23.0 Å². The fraction of sp³-hybridized carbons (Fsp3) is 0.138. The first-order valence-corrected chi connectivity index (χ1v) is 21.8. The number of rotatable bonds is 2. The molecule has 0 bridgehead atoms. The topological polar surface area (TPSA) is 31.6 Å². The van der Waals surface area contributed by atoms with Crippen LogP contribution in [0.4, 0.5) is 0 Å². The van der Waals surface area contributed by atoms with Gasteiger partial charge in [0.05, 0.1) is 0 Å². The second-order valence-corrected chi connectivity index (χ2v) is 19.7. The van der Waals surface area contributed by atoms with Crippen molar-refractivity contribution in [3.05, 3.63) is 163 Å². The van der Waals surface area contributed by atoms with Gasteiger partial charge in [-0.25, -0.2) is 0 Å². The molecular weight excluding hydrogens is 755 g/mol. The summed E-state index contributed by atoms with van der Waals surface area (Å²) in [5, 5.41) is 12.1. The number of benzene rings is 10.